The first kappa shape index (κ1) is 90.4. The van der Waals surface area contributed by atoms with Gasteiger partial charge in [0.2, 0.25) is 65.0 Å². The maximum atomic E-state index is 15.2. The van der Waals surface area contributed by atoms with E-state index in [0.29, 0.717) is 51.9 Å². The number of alkyl carbamates (subject to hydrolysis) is 1. The summed E-state index contributed by atoms with van der Waals surface area (Å²) in [5.41, 5.74) is 0. The zero-order valence-corrected chi connectivity index (χ0v) is 65.4. The van der Waals surface area contributed by atoms with Crippen LogP contribution in [0, 0.1) is 35.5 Å². The van der Waals surface area contributed by atoms with E-state index in [1.807, 2.05) is 41.5 Å². The number of carbonyl (C=O) groups excluding carboxylic acids is 12. The van der Waals surface area contributed by atoms with Crippen molar-refractivity contribution in [2.45, 2.75) is 261 Å². The van der Waals surface area contributed by atoms with E-state index in [2.05, 4.69) is 36.8 Å². The Morgan fingerprint density at radius 2 is 1.02 bits per heavy atom. The molecule has 2 saturated heterocycles. The fourth-order valence-corrected chi connectivity index (χ4v) is 12.8. The Morgan fingerprint density at radius 3 is 1.55 bits per heavy atom. The summed E-state index contributed by atoms with van der Waals surface area (Å²) in [6.45, 7) is 33.3. The molecule has 0 bridgehead atoms. The van der Waals surface area contributed by atoms with Crippen LogP contribution in [0.15, 0.2) is 0 Å². The lowest BCUT2D eigenvalue weighted by molar-refractivity contribution is -0.154. The molecule has 12 amide bonds. The Balaban J connectivity index is 2.97. The maximum Gasteiger partial charge on any atom is 0.407 e. The van der Waals surface area contributed by atoms with Crippen LogP contribution in [0.25, 0.3) is 0 Å². The van der Waals surface area contributed by atoms with Crippen molar-refractivity contribution in [3.05, 3.63) is 0 Å². The molecular weight excluding hydrogens is 1300 g/mol. The summed E-state index contributed by atoms with van der Waals surface area (Å²) in [5, 5.41) is 28.8. The first-order valence-corrected chi connectivity index (χ1v) is 36.8. The van der Waals surface area contributed by atoms with Gasteiger partial charge in [-0.15, -0.1) is 0 Å². The van der Waals surface area contributed by atoms with E-state index in [9.17, 15) is 33.9 Å². The molecule has 29 nitrogen and oxygen atoms in total. The van der Waals surface area contributed by atoms with E-state index in [0.717, 1.165) is 35.9 Å². The summed E-state index contributed by atoms with van der Waals surface area (Å²) in [6.07, 6.45) is 0.620. The first-order chi connectivity index (χ1) is 47.2. The molecule has 14 atom stereocenters. The number of nitrogens with zero attached hydrogens (tertiary/aromatic N) is 7. The van der Waals surface area contributed by atoms with Crippen molar-refractivity contribution in [2.24, 2.45) is 35.5 Å². The smallest absolute Gasteiger partial charge is 0.407 e. The number of amides is 12. The van der Waals surface area contributed by atoms with Crippen LogP contribution in [0.4, 0.5) is 4.79 Å². The van der Waals surface area contributed by atoms with Crippen LogP contribution in [-0.4, -0.2) is 284 Å². The van der Waals surface area contributed by atoms with Crippen molar-refractivity contribution < 1.29 is 76.9 Å². The van der Waals surface area contributed by atoms with Crippen LogP contribution in [0.5, 0.6) is 0 Å². The summed E-state index contributed by atoms with van der Waals surface area (Å²) in [5.74, 6) is -10.5. The fourth-order valence-electron chi connectivity index (χ4n) is 12.8. The molecule has 2 aliphatic heterocycles. The fraction of sp³-hybridized carbons (Fsp3) is 0.833. The van der Waals surface area contributed by atoms with Gasteiger partial charge in [0, 0.05) is 68.5 Å². The first-order valence-electron chi connectivity index (χ1n) is 36.8. The van der Waals surface area contributed by atoms with Crippen LogP contribution >= 0.6 is 0 Å². The standard InChI is InChI=1S/C72H131N13O16/c1-24-52-68(94)79(18)50(16)67(93)84(23)59(51(17)101-36-30-29-33-85-34-37-99-38-35-85)65(91)77-56(45(9)10)71(97)80(19)53(39-42(3)4)62(88)74-48(14)61(87)75-49(15)66(92)81(20)54(40-43(5)6)69(95)82(21)55(41-44(7)8)70(96)83(22)58(46(11)12)64(90)78-57(63(89)76-52)60(86)47(13)31-27-26-28-32-73-72(98)100-25-2/h42-60,86H,24-41H2,1-23H3,(H,73,98)(H,74,88)(H,75,87)(H,76,89)(H,77,91)(H,78,90)/t47-,48+,49-,50-,51-,52+,53+,54+,55+,56+,57+,58+,59+,60-/m1/s1. The zero-order valence-electron chi connectivity index (χ0n) is 65.4. The summed E-state index contributed by atoms with van der Waals surface area (Å²) in [7, 11) is 8.47. The molecule has 2 rings (SSSR count). The van der Waals surface area contributed by atoms with Gasteiger partial charge in [-0.1, -0.05) is 95.9 Å². The van der Waals surface area contributed by atoms with Crippen LogP contribution in [0.3, 0.4) is 0 Å². The number of unbranched alkanes of at least 4 members (excludes halogenated alkanes) is 3. The lowest BCUT2D eigenvalue weighted by Crippen LogP contribution is -2.64. The van der Waals surface area contributed by atoms with Crippen LogP contribution in [0.2, 0.25) is 0 Å². The molecule has 0 radical (unpaired) electrons. The van der Waals surface area contributed by atoms with Gasteiger partial charge in [-0.3, -0.25) is 57.6 Å². The van der Waals surface area contributed by atoms with Crippen molar-refractivity contribution >= 4 is 71.1 Å². The van der Waals surface area contributed by atoms with Crippen molar-refractivity contribution in [3.63, 3.8) is 0 Å². The van der Waals surface area contributed by atoms with Crippen LogP contribution in [-0.2, 0) is 67.0 Å². The molecule has 29 heteroatoms. The molecule has 0 saturated carbocycles. The minimum Gasteiger partial charge on any atom is -0.450 e. The van der Waals surface area contributed by atoms with Crippen molar-refractivity contribution in [3.8, 4) is 0 Å². The number of likely N-dealkylation sites (N-methyl/N-ethyl adjacent to an activating group) is 6. The molecule has 0 spiro atoms. The Labute approximate surface area is 602 Å². The average molecular weight is 1430 g/mol. The second kappa shape index (κ2) is 44.1. The monoisotopic (exact) mass is 1430 g/mol. The van der Waals surface area contributed by atoms with E-state index < -0.39 is 167 Å². The summed E-state index contributed by atoms with van der Waals surface area (Å²) in [4.78, 5) is 185. The third-order valence-electron chi connectivity index (χ3n) is 19.3. The SMILES string of the molecule is CCOC(=O)NCCCCC[C@@H](C)[C@@H](O)[C@@H]1NC(=O)[C@H](C(C)C)N(C)C(=O)[C@H](CC(C)C)N(C)C(=O)[C@H](CC(C)C)N(C)C(=O)[C@@H](C)NC(=O)[C@H](C)NC(=O)[C@H](CC(C)C)N(C)C(=O)[C@H](C(C)C)NC(=O)[C@H]([C@@H](C)OCCCCN2CCOCC2)N(C)C(=O)[C@@H](C)N(C)C(=O)[C@H](CC)NC1=O. The molecule has 0 aromatic heterocycles. The highest BCUT2D eigenvalue weighted by Crippen LogP contribution is 2.25. The van der Waals surface area contributed by atoms with Gasteiger partial charge in [0.1, 0.15) is 66.5 Å². The van der Waals surface area contributed by atoms with E-state index >= 15 is 28.8 Å². The van der Waals surface area contributed by atoms with E-state index in [1.165, 1.54) is 82.7 Å². The van der Waals surface area contributed by atoms with Crippen molar-refractivity contribution in [1.82, 2.24) is 66.2 Å². The Bertz CT molecular complexity index is 2700. The molecule has 101 heavy (non-hydrogen) atoms. The number of aliphatic hydroxyl groups excluding tert-OH is 1. The lowest BCUT2D eigenvalue weighted by atomic mass is 9.91. The maximum absolute atomic E-state index is 15.2. The van der Waals surface area contributed by atoms with E-state index in [4.69, 9.17) is 14.2 Å². The molecular formula is C72H131N13O16. The van der Waals surface area contributed by atoms with E-state index in [-0.39, 0.29) is 56.7 Å². The van der Waals surface area contributed by atoms with Crippen LogP contribution in [0.1, 0.15) is 182 Å². The number of nitrogens with one attached hydrogen (secondary N) is 6. The molecule has 0 aromatic rings. The number of carbonyl (C=O) groups is 12. The number of rotatable bonds is 25. The van der Waals surface area contributed by atoms with E-state index in [1.54, 1.807) is 55.4 Å². The quantitative estimate of drug-likeness (QED) is 0.0646. The molecule has 2 heterocycles. The minimum atomic E-state index is -1.74. The molecule has 2 aliphatic rings. The number of ether oxygens (including phenoxy) is 3. The molecule has 580 valence electrons. The van der Waals surface area contributed by atoms with Gasteiger partial charge in [0.25, 0.3) is 0 Å². The highest BCUT2D eigenvalue weighted by atomic mass is 16.5. The third-order valence-corrected chi connectivity index (χ3v) is 19.3. The van der Waals surface area contributed by atoms with Gasteiger partial charge in [-0.25, -0.2) is 4.79 Å². The van der Waals surface area contributed by atoms with Crippen molar-refractivity contribution in [2.75, 3.05) is 94.9 Å². The third kappa shape index (κ3) is 27.8. The number of hydrogen-bond donors (Lipinski definition) is 7. The highest BCUT2D eigenvalue weighted by molar-refractivity contribution is 6.00. The van der Waals surface area contributed by atoms with Gasteiger partial charge >= 0.3 is 6.09 Å². The summed E-state index contributed by atoms with van der Waals surface area (Å²) < 4.78 is 16.8. The molecule has 7 N–H and O–H groups in total. The van der Waals surface area contributed by atoms with Gasteiger partial charge in [-0.2, -0.15) is 0 Å². The summed E-state index contributed by atoms with van der Waals surface area (Å²) >= 11 is 0. The predicted octanol–water partition coefficient (Wildman–Crippen LogP) is 3.13. The number of hydrogen-bond acceptors (Lipinski definition) is 17. The van der Waals surface area contributed by atoms with Gasteiger partial charge in [0.15, 0.2) is 0 Å². The Kier molecular flexibility index (Phi) is 39.4. The molecule has 2 fully saturated rings. The molecule has 0 aliphatic carbocycles. The lowest BCUT2D eigenvalue weighted by Gasteiger charge is -2.40. The van der Waals surface area contributed by atoms with Crippen LogP contribution < -0.4 is 31.9 Å². The second-order valence-corrected chi connectivity index (χ2v) is 29.8. The number of morpholine rings is 1. The minimum absolute atomic E-state index is 0.0393. The highest BCUT2D eigenvalue weighted by Gasteiger charge is 2.45. The Hall–Kier alpha value is -6.72. The predicted molar refractivity (Wildman–Crippen MR) is 385 cm³/mol. The normalized spacial score (nSPS) is 26.3. The second-order valence-electron chi connectivity index (χ2n) is 29.8. The van der Waals surface area contributed by atoms with Gasteiger partial charge in [0.05, 0.1) is 32.0 Å². The van der Waals surface area contributed by atoms with Crippen molar-refractivity contribution in [1.29, 1.82) is 0 Å². The molecule has 0 aromatic carbocycles. The topological polar surface area (TPSA) is 348 Å². The zero-order chi connectivity index (χ0) is 77.0. The van der Waals surface area contributed by atoms with Gasteiger partial charge < -0.3 is 80.6 Å². The average Bonchev–Trinajstić information content (AvgIpc) is 0.824. The van der Waals surface area contributed by atoms with Gasteiger partial charge in [-0.05, 0) is 128 Å². The Morgan fingerprint density at radius 1 is 0.515 bits per heavy atom. The largest absolute Gasteiger partial charge is 0.450 e. The molecule has 0 unspecified atom stereocenters. The summed E-state index contributed by atoms with van der Waals surface area (Å²) in [6, 6.07) is -14.5. The number of aliphatic hydroxyl groups is 1.